The second kappa shape index (κ2) is 8.05. The molecule has 0 aromatic heterocycles. The van der Waals surface area contributed by atoms with Gasteiger partial charge >= 0.3 is 0 Å². The van der Waals surface area contributed by atoms with Crippen LogP contribution in [0.25, 0.3) is 0 Å². The Morgan fingerprint density at radius 1 is 1.09 bits per heavy atom. The summed E-state index contributed by atoms with van der Waals surface area (Å²) in [7, 11) is 3.96. The van der Waals surface area contributed by atoms with Crippen molar-refractivity contribution in [3.8, 4) is 0 Å². The predicted molar refractivity (Wildman–Crippen MR) is 92.8 cm³/mol. The Labute approximate surface area is 136 Å². The lowest BCUT2D eigenvalue weighted by Gasteiger charge is -2.11. The molecule has 120 valence electrons. The minimum atomic E-state index is -0.201. The highest BCUT2D eigenvalue weighted by Gasteiger charge is 2.09. The SMILES string of the molecule is CN(C)c1ccc(/N=N/c2ccccc2C(=O)NCCN)cc1. The lowest BCUT2D eigenvalue weighted by Crippen LogP contribution is -2.28. The highest BCUT2D eigenvalue weighted by molar-refractivity contribution is 5.98. The van der Waals surface area contributed by atoms with Crippen molar-refractivity contribution in [1.29, 1.82) is 0 Å². The third-order valence-electron chi connectivity index (χ3n) is 3.22. The maximum Gasteiger partial charge on any atom is 0.253 e. The van der Waals surface area contributed by atoms with Crippen molar-refractivity contribution in [3.63, 3.8) is 0 Å². The van der Waals surface area contributed by atoms with Gasteiger partial charge in [0.1, 0.15) is 0 Å². The summed E-state index contributed by atoms with van der Waals surface area (Å²) < 4.78 is 0. The van der Waals surface area contributed by atoms with Crippen molar-refractivity contribution in [2.24, 2.45) is 16.0 Å². The second-order valence-corrected chi connectivity index (χ2v) is 5.17. The summed E-state index contributed by atoms with van der Waals surface area (Å²) in [6.45, 7) is 0.823. The summed E-state index contributed by atoms with van der Waals surface area (Å²) in [5, 5.41) is 11.1. The Balaban J connectivity index is 2.17. The minimum absolute atomic E-state index is 0.201. The number of azo groups is 1. The summed E-state index contributed by atoms with van der Waals surface area (Å²) in [6, 6.07) is 14.8. The first-order chi connectivity index (χ1) is 11.1. The number of carbonyl (C=O) groups is 1. The van der Waals surface area contributed by atoms with Crippen molar-refractivity contribution in [3.05, 3.63) is 54.1 Å². The van der Waals surface area contributed by atoms with Crippen LogP contribution in [0.1, 0.15) is 10.4 Å². The lowest BCUT2D eigenvalue weighted by atomic mass is 10.1. The van der Waals surface area contributed by atoms with Crippen LogP contribution in [0.2, 0.25) is 0 Å². The molecular formula is C17H21N5O. The Morgan fingerprint density at radius 2 is 1.78 bits per heavy atom. The van der Waals surface area contributed by atoms with E-state index in [9.17, 15) is 4.79 Å². The fourth-order valence-corrected chi connectivity index (χ4v) is 1.96. The number of nitrogens with two attached hydrogens (primary N) is 1. The quantitative estimate of drug-likeness (QED) is 0.805. The molecule has 6 nitrogen and oxygen atoms in total. The average Bonchev–Trinajstić information content (AvgIpc) is 2.58. The molecule has 0 atom stereocenters. The van der Waals surface area contributed by atoms with Gasteiger partial charge in [0, 0.05) is 32.9 Å². The number of anilines is 1. The van der Waals surface area contributed by atoms with Crippen LogP contribution in [0.3, 0.4) is 0 Å². The van der Waals surface area contributed by atoms with E-state index >= 15 is 0 Å². The van der Waals surface area contributed by atoms with Gasteiger partial charge in [-0.3, -0.25) is 4.79 Å². The molecule has 0 bridgehead atoms. The summed E-state index contributed by atoms with van der Waals surface area (Å²) in [4.78, 5) is 14.1. The average molecular weight is 311 g/mol. The number of hydrogen-bond donors (Lipinski definition) is 2. The van der Waals surface area contributed by atoms with Gasteiger partial charge in [-0.1, -0.05) is 12.1 Å². The van der Waals surface area contributed by atoms with E-state index in [4.69, 9.17) is 5.73 Å². The molecule has 1 amide bonds. The molecule has 0 radical (unpaired) electrons. The third kappa shape index (κ3) is 4.62. The van der Waals surface area contributed by atoms with E-state index in [1.807, 2.05) is 49.3 Å². The van der Waals surface area contributed by atoms with Crippen LogP contribution in [0.5, 0.6) is 0 Å². The van der Waals surface area contributed by atoms with Gasteiger partial charge in [-0.2, -0.15) is 5.11 Å². The molecule has 6 heteroatoms. The van der Waals surface area contributed by atoms with Crippen molar-refractivity contribution >= 4 is 23.0 Å². The van der Waals surface area contributed by atoms with Crippen LogP contribution in [-0.2, 0) is 0 Å². The van der Waals surface area contributed by atoms with Gasteiger partial charge in [-0.05, 0) is 36.4 Å². The molecule has 0 saturated carbocycles. The van der Waals surface area contributed by atoms with Crippen LogP contribution in [0.4, 0.5) is 17.1 Å². The molecule has 0 aliphatic heterocycles. The number of rotatable bonds is 6. The number of carbonyl (C=O) groups excluding carboxylic acids is 1. The normalized spacial score (nSPS) is 10.7. The molecule has 2 rings (SSSR count). The molecule has 2 aromatic rings. The molecule has 0 heterocycles. The fourth-order valence-electron chi connectivity index (χ4n) is 1.96. The van der Waals surface area contributed by atoms with E-state index in [-0.39, 0.29) is 5.91 Å². The molecule has 0 fully saturated rings. The summed E-state index contributed by atoms with van der Waals surface area (Å²) >= 11 is 0. The van der Waals surface area contributed by atoms with Gasteiger partial charge < -0.3 is 16.0 Å². The number of nitrogens with one attached hydrogen (secondary N) is 1. The molecule has 0 spiro atoms. The van der Waals surface area contributed by atoms with Gasteiger partial charge in [0.05, 0.1) is 16.9 Å². The molecule has 0 aliphatic carbocycles. The number of nitrogens with zero attached hydrogens (tertiary/aromatic N) is 3. The maximum atomic E-state index is 12.1. The Hall–Kier alpha value is -2.73. The van der Waals surface area contributed by atoms with Gasteiger partial charge in [-0.15, -0.1) is 5.11 Å². The van der Waals surface area contributed by atoms with E-state index in [1.54, 1.807) is 18.2 Å². The summed E-state index contributed by atoms with van der Waals surface area (Å²) in [5.41, 5.74) is 8.23. The van der Waals surface area contributed by atoms with E-state index < -0.39 is 0 Å². The van der Waals surface area contributed by atoms with Crippen molar-refractivity contribution in [2.45, 2.75) is 0 Å². The largest absolute Gasteiger partial charge is 0.378 e. The first-order valence-corrected chi connectivity index (χ1v) is 7.38. The number of benzene rings is 2. The van der Waals surface area contributed by atoms with Crippen LogP contribution < -0.4 is 16.0 Å². The third-order valence-corrected chi connectivity index (χ3v) is 3.22. The number of amides is 1. The zero-order chi connectivity index (χ0) is 16.7. The van der Waals surface area contributed by atoms with Crippen molar-refractivity contribution in [2.75, 3.05) is 32.1 Å². The molecule has 23 heavy (non-hydrogen) atoms. The molecule has 0 saturated heterocycles. The van der Waals surface area contributed by atoms with Crippen LogP contribution in [0, 0.1) is 0 Å². The van der Waals surface area contributed by atoms with Gasteiger partial charge in [0.25, 0.3) is 5.91 Å². The predicted octanol–water partition coefficient (Wildman–Crippen LogP) is 2.86. The van der Waals surface area contributed by atoms with E-state index in [0.717, 1.165) is 11.4 Å². The first kappa shape index (κ1) is 16.6. The first-order valence-electron chi connectivity index (χ1n) is 7.38. The van der Waals surface area contributed by atoms with Crippen LogP contribution >= 0.6 is 0 Å². The van der Waals surface area contributed by atoms with Crippen molar-refractivity contribution in [1.82, 2.24) is 5.32 Å². The standard InChI is InChI=1S/C17H21N5O/c1-22(2)14-9-7-13(8-10-14)20-21-16-6-4-3-5-15(16)17(23)19-12-11-18/h3-10H,11-12,18H2,1-2H3,(H,19,23)/b21-20+. The monoisotopic (exact) mass is 311 g/mol. The molecule has 0 unspecified atom stereocenters. The highest BCUT2D eigenvalue weighted by atomic mass is 16.1. The molecule has 2 aromatic carbocycles. The zero-order valence-electron chi connectivity index (χ0n) is 13.4. The van der Waals surface area contributed by atoms with E-state index in [2.05, 4.69) is 15.5 Å². The Bertz CT molecular complexity index is 680. The maximum absolute atomic E-state index is 12.1. The smallest absolute Gasteiger partial charge is 0.253 e. The minimum Gasteiger partial charge on any atom is -0.378 e. The molecule has 3 N–H and O–H groups in total. The van der Waals surface area contributed by atoms with Gasteiger partial charge in [0.2, 0.25) is 0 Å². The van der Waals surface area contributed by atoms with Crippen molar-refractivity contribution < 1.29 is 4.79 Å². The summed E-state index contributed by atoms with van der Waals surface area (Å²) in [6.07, 6.45) is 0. The lowest BCUT2D eigenvalue weighted by molar-refractivity contribution is 0.0955. The van der Waals surface area contributed by atoms with Crippen LogP contribution in [0.15, 0.2) is 58.8 Å². The van der Waals surface area contributed by atoms with Gasteiger partial charge in [0.15, 0.2) is 0 Å². The highest BCUT2D eigenvalue weighted by Crippen LogP contribution is 2.23. The van der Waals surface area contributed by atoms with Gasteiger partial charge in [-0.25, -0.2) is 0 Å². The Kier molecular flexibility index (Phi) is 5.82. The van der Waals surface area contributed by atoms with E-state index in [0.29, 0.717) is 24.3 Å². The van der Waals surface area contributed by atoms with Crippen LogP contribution in [-0.4, -0.2) is 33.1 Å². The molecular weight excluding hydrogens is 290 g/mol. The topological polar surface area (TPSA) is 83.1 Å². The fraction of sp³-hybridized carbons (Fsp3) is 0.235. The Morgan fingerprint density at radius 3 is 2.43 bits per heavy atom. The number of hydrogen-bond acceptors (Lipinski definition) is 5. The summed E-state index contributed by atoms with van der Waals surface area (Å²) in [5.74, 6) is -0.201. The molecule has 0 aliphatic rings. The second-order valence-electron chi connectivity index (χ2n) is 5.17. The van der Waals surface area contributed by atoms with E-state index in [1.165, 1.54) is 0 Å². The zero-order valence-corrected chi connectivity index (χ0v) is 13.4.